The normalized spacial score (nSPS) is 25.1. The minimum atomic E-state index is 0.726. The van der Waals surface area contributed by atoms with Crippen molar-refractivity contribution in [3.63, 3.8) is 0 Å². The van der Waals surface area contributed by atoms with Crippen LogP contribution in [0, 0.1) is 12.8 Å². The van der Waals surface area contributed by atoms with E-state index >= 15 is 0 Å². The van der Waals surface area contributed by atoms with Gasteiger partial charge in [0.2, 0.25) is 0 Å². The SMILES string of the molecule is CCC1CCCC(c2nc(C)c(CCN)s2)C1. The minimum Gasteiger partial charge on any atom is -0.330 e. The van der Waals surface area contributed by atoms with Gasteiger partial charge in [-0.25, -0.2) is 4.98 Å². The van der Waals surface area contributed by atoms with Crippen LogP contribution in [-0.4, -0.2) is 11.5 Å². The molecule has 0 aliphatic heterocycles. The van der Waals surface area contributed by atoms with E-state index < -0.39 is 0 Å². The van der Waals surface area contributed by atoms with Crippen LogP contribution in [0.2, 0.25) is 0 Å². The zero-order valence-electron chi connectivity index (χ0n) is 11.0. The van der Waals surface area contributed by atoms with Crippen LogP contribution in [0.4, 0.5) is 0 Å². The molecule has 0 radical (unpaired) electrons. The lowest BCUT2D eigenvalue weighted by Gasteiger charge is -2.26. The second-order valence-corrected chi connectivity index (χ2v) is 6.35. The van der Waals surface area contributed by atoms with Crippen LogP contribution >= 0.6 is 11.3 Å². The van der Waals surface area contributed by atoms with Crippen molar-refractivity contribution in [2.45, 2.75) is 58.3 Å². The van der Waals surface area contributed by atoms with Gasteiger partial charge in [0.25, 0.3) is 0 Å². The Morgan fingerprint density at radius 3 is 2.94 bits per heavy atom. The summed E-state index contributed by atoms with van der Waals surface area (Å²) in [5, 5.41) is 1.38. The molecular weight excluding hydrogens is 228 g/mol. The van der Waals surface area contributed by atoms with Crippen LogP contribution < -0.4 is 5.73 Å². The number of thiazole rings is 1. The van der Waals surface area contributed by atoms with Gasteiger partial charge < -0.3 is 5.73 Å². The van der Waals surface area contributed by atoms with E-state index in [1.807, 2.05) is 11.3 Å². The van der Waals surface area contributed by atoms with Crippen molar-refractivity contribution in [1.82, 2.24) is 4.98 Å². The Balaban J connectivity index is 2.08. The van der Waals surface area contributed by atoms with Crippen LogP contribution in [0.25, 0.3) is 0 Å². The highest BCUT2D eigenvalue weighted by Gasteiger charge is 2.24. The third kappa shape index (κ3) is 3.08. The van der Waals surface area contributed by atoms with E-state index in [9.17, 15) is 0 Å². The maximum absolute atomic E-state index is 5.64. The van der Waals surface area contributed by atoms with Gasteiger partial charge in [0.05, 0.1) is 10.7 Å². The first-order valence-corrected chi connectivity index (χ1v) is 7.72. The van der Waals surface area contributed by atoms with Gasteiger partial charge in [-0.3, -0.25) is 0 Å². The van der Waals surface area contributed by atoms with Gasteiger partial charge >= 0.3 is 0 Å². The van der Waals surface area contributed by atoms with E-state index in [0.29, 0.717) is 0 Å². The number of aromatic nitrogens is 1. The number of nitrogens with zero attached hydrogens (tertiary/aromatic N) is 1. The van der Waals surface area contributed by atoms with Gasteiger partial charge in [0.15, 0.2) is 0 Å². The lowest BCUT2D eigenvalue weighted by molar-refractivity contribution is 0.314. The van der Waals surface area contributed by atoms with Crippen molar-refractivity contribution in [1.29, 1.82) is 0 Å². The molecule has 17 heavy (non-hydrogen) atoms. The first-order valence-electron chi connectivity index (χ1n) is 6.90. The second kappa shape index (κ2) is 5.96. The number of aryl methyl sites for hydroxylation is 1. The maximum atomic E-state index is 5.64. The van der Waals surface area contributed by atoms with Crippen LogP contribution in [0.5, 0.6) is 0 Å². The molecule has 1 aromatic heterocycles. The molecule has 3 heteroatoms. The average Bonchev–Trinajstić information content (AvgIpc) is 2.72. The highest BCUT2D eigenvalue weighted by Crippen LogP contribution is 2.39. The third-order valence-electron chi connectivity index (χ3n) is 3.99. The fourth-order valence-corrected chi connectivity index (χ4v) is 4.10. The summed E-state index contributed by atoms with van der Waals surface area (Å²) in [5.74, 6) is 1.65. The first kappa shape index (κ1) is 13.0. The summed E-state index contributed by atoms with van der Waals surface area (Å²) in [6.45, 7) is 5.19. The number of hydrogen-bond acceptors (Lipinski definition) is 3. The number of nitrogens with two attached hydrogens (primary N) is 1. The maximum Gasteiger partial charge on any atom is 0.0961 e. The molecule has 2 nitrogen and oxygen atoms in total. The molecule has 1 aromatic rings. The van der Waals surface area contributed by atoms with Gasteiger partial charge in [-0.05, 0) is 38.6 Å². The molecule has 1 heterocycles. The summed E-state index contributed by atoms with van der Waals surface area (Å²) in [5.41, 5.74) is 6.86. The van der Waals surface area contributed by atoms with E-state index in [4.69, 9.17) is 10.7 Å². The molecule has 0 saturated heterocycles. The zero-order chi connectivity index (χ0) is 12.3. The monoisotopic (exact) mass is 252 g/mol. The van der Waals surface area contributed by atoms with Gasteiger partial charge in [0, 0.05) is 10.8 Å². The Morgan fingerprint density at radius 1 is 1.41 bits per heavy atom. The molecular formula is C14H24N2S. The molecule has 2 N–H and O–H groups in total. The van der Waals surface area contributed by atoms with Gasteiger partial charge in [-0.2, -0.15) is 0 Å². The highest BCUT2D eigenvalue weighted by atomic mass is 32.1. The molecule has 1 fully saturated rings. The zero-order valence-corrected chi connectivity index (χ0v) is 11.9. The quantitative estimate of drug-likeness (QED) is 0.888. The predicted octanol–water partition coefficient (Wildman–Crippen LogP) is 3.64. The number of hydrogen-bond donors (Lipinski definition) is 1. The Hall–Kier alpha value is -0.410. The third-order valence-corrected chi connectivity index (χ3v) is 5.37. The predicted molar refractivity (Wildman–Crippen MR) is 74.6 cm³/mol. The molecule has 0 amide bonds. The Bertz CT molecular complexity index is 359. The van der Waals surface area contributed by atoms with E-state index in [1.165, 1.54) is 47.7 Å². The molecule has 1 aliphatic carbocycles. The molecule has 1 aliphatic rings. The Morgan fingerprint density at radius 2 is 2.24 bits per heavy atom. The summed E-state index contributed by atoms with van der Waals surface area (Å²) in [4.78, 5) is 6.19. The van der Waals surface area contributed by atoms with E-state index in [2.05, 4.69) is 13.8 Å². The molecule has 2 atom stereocenters. The second-order valence-electron chi connectivity index (χ2n) is 5.24. The summed E-state index contributed by atoms with van der Waals surface area (Å²) in [6.07, 6.45) is 7.82. The van der Waals surface area contributed by atoms with Crippen molar-refractivity contribution < 1.29 is 0 Å². The first-order chi connectivity index (χ1) is 8.24. The van der Waals surface area contributed by atoms with Crippen molar-refractivity contribution in [2.75, 3.05) is 6.54 Å². The molecule has 1 saturated carbocycles. The minimum absolute atomic E-state index is 0.726. The standard InChI is InChI=1S/C14H24N2S/c1-3-11-5-4-6-12(9-11)14-16-10(2)13(17-14)7-8-15/h11-12H,3-9,15H2,1-2H3. The Labute approximate surface area is 109 Å². The van der Waals surface area contributed by atoms with E-state index in [-0.39, 0.29) is 0 Å². The van der Waals surface area contributed by atoms with E-state index in [1.54, 1.807) is 0 Å². The van der Waals surface area contributed by atoms with Crippen LogP contribution in [0.3, 0.4) is 0 Å². The molecule has 2 rings (SSSR count). The summed E-state index contributed by atoms with van der Waals surface area (Å²) < 4.78 is 0. The van der Waals surface area contributed by atoms with Crippen LogP contribution in [0.15, 0.2) is 0 Å². The van der Waals surface area contributed by atoms with Crippen molar-refractivity contribution in [3.05, 3.63) is 15.6 Å². The topological polar surface area (TPSA) is 38.9 Å². The lowest BCUT2D eigenvalue weighted by atomic mass is 9.80. The lowest BCUT2D eigenvalue weighted by Crippen LogP contribution is -2.13. The Kier molecular flexibility index (Phi) is 4.57. The smallest absolute Gasteiger partial charge is 0.0961 e. The summed E-state index contributed by atoms with van der Waals surface area (Å²) >= 11 is 1.91. The molecule has 0 aromatic carbocycles. The molecule has 0 bridgehead atoms. The van der Waals surface area contributed by atoms with Crippen molar-refractivity contribution in [2.24, 2.45) is 11.7 Å². The van der Waals surface area contributed by atoms with Gasteiger partial charge in [-0.1, -0.05) is 26.2 Å². The molecule has 2 unspecified atom stereocenters. The average molecular weight is 252 g/mol. The highest BCUT2D eigenvalue weighted by molar-refractivity contribution is 7.11. The van der Waals surface area contributed by atoms with Gasteiger partial charge in [-0.15, -0.1) is 11.3 Å². The molecule has 96 valence electrons. The van der Waals surface area contributed by atoms with Crippen LogP contribution in [-0.2, 0) is 6.42 Å². The summed E-state index contributed by atoms with van der Waals surface area (Å²) in [7, 11) is 0. The van der Waals surface area contributed by atoms with Crippen molar-refractivity contribution >= 4 is 11.3 Å². The van der Waals surface area contributed by atoms with Gasteiger partial charge in [0.1, 0.15) is 0 Å². The van der Waals surface area contributed by atoms with Crippen molar-refractivity contribution in [3.8, 4) is 0 Å². The fraction of sp³-hybridized carbons (Fsp3) is 0.786. The molecule has 0 spiro atoms. The van der Waals surface area contributed by atoms with E-state index in [0.717, 1.165) is 24.8 Å². The fourth-order valence-electron chi connectivity index (χ4n) is 2.87. The number of rotatable bonds is 4. The summed E-state index contributed by atoms with van der Waals surface area (Å²) in [6, 6.07) is 0. The van der Waals surface area contributed by atoms with Crippen LogP contribution in [0.1, 0.15) is 60.5 Å². The largest absolute Gasteiger partial charge is 0.330 e.